The van der Waals surface area contributed by atoms with E-state index in [1.165, 1.54) is 19.3 Å². The van der Waals surface area contributed by atoms with Crippen molar-refractivity contribution < 1.29 is 0 Å². The van der Waals surface area contributed by atoms with E-state index in [1.54, 1.807) is 6.20 Å². The van der Waals surface area contributed by atoms with E-state index in [9.17, 15) is 0 Å². The first-order chi connectivity index (χ1) is 11.9. The number of benzene rings is 1. The number of piperidine rings is 1. The number of nitrogens with zero attached hydrogens (tertiary/aromatic N) is 4. The second-order valence-corrected chi connectivity index (χ2v) is 6.15. The Balaban J connectivity index is 1.66. The van der Waals surface area contributed by atoms with Gasteiger partial charge in [-0.1, -0.05) is 18.2 Å². The van der Waals surface area contributed by atoms with Crippen LogP contribution in [0, 0.1) is 0 Å². The third kappa shape index (κ3) is 3.15. The Labute approximate surface area is 141 Å². The van der Waals surface area contributed by atoms with Gasteiger partial charge in [-0.2, -0.15) is 4.98 Å². The molecule has 1 N–H and O–H groups in total. The molecule has 0 amide bonds. The molecule has 0 unspecified atom stereocenters. The van der Waals surface area contributed by atoms with E-state index in [0.29, 0.717) is 6.54 Å². The molecule has 0 saturated carbocycles. The highest BCUT2D eigenvalue weighted by Crippen LogP contribution is 2.25. The van der Waals surface area contributed by atoms with Crippen LogP contribution in [0.2, 0.25) is 0 Å². The largest absolute Gasteiger partial charge is 0.365 e. The van der Waals surface area contributed by atoms with Crippen LogP contribution in [0.25, 0.3) is 10.9 Å². The summed E-state index contributed by atoms with van der Waals surface area (Å²) in [7, 11) is 0. The number of anilines is 2. The molecule has 122 valence electrons. The van der Waals surface area contributed by atoms with Crippen LogP contribution in [0.3, 0.4) is 0 Å². The summed E-state index contributed by atoms with van der Waals surface area (Å²) >= 11 is 0. The van der Waals surface area contributed by atoms with Gasteiger partial charge in [0.15, 0.2) is 0 Å². The van der Waals surface area contributed by atoms with Crippen molar-refractivity contribution in [3.63, 3.8) is 0 Å². The van der Waals surface area contributed by atoms with E-state index in [1.807, 2.05) is 24.4 Å². The number of para-hydroxylation sites is 1. The molecule has 24 heavy (non-hydrogen) atoms. The maximum Gasteiger partial charge on any atom is 0.227 e. The summed E-state index contributed by atoms with van der Waals surface area (Å²) in [5, 5.41) is 4.52. The minimum atomic E-state index is 0.703. The lowest BCUT2D eigenvalue weighted by Gasteiger charge is -2.27. The molecule has 5 heteroatoms. The number of nitrogens with one attached hydrogen (secondary N) is 1. The number of pyridine rings is 1. The average Bonchev–Trinajstić information content (AvgIpc) is 2.67. The first-order valence-corrected chi connectivity index (χ1v) is 8.55. The van der Waals surface area contributed by atoms with Crippen LogP contribution >= 0.6 is 0 Å². The molecule has 0 radical (unpaired) electrons. The SMILES string of the molecule is c1cncc(CNc2nc(N3CCCCC3)nc3ccccc23)c1. The molecule has 1 aromatic carbocycles. The van der Waals surface area contributed by atoms with E-state index < -0.39 is 0 Å². The fourth-order valence-electron chi connectivity index (χ4n) is 3.12. The number of hydrogen-bond acceptors (Lipinski definition) is 5. The first kappa shape index (κ1) is 14.9. The molecule has 0 bridgehead atoms. The Morgan fingerprint density at radius 3 is 2.67 bits per heavy atom. The zero-order chi connectivity index (χ0) is 16.2. The molecular formula is C19H21N5. The predicted octanol–water partition coefficient (Wildman–Crippen LogP) is 3.63. The Hall–Kier alpha value is -2.69. The summed E-state index contributed by atoms with van der Waals surface area (Å²) < 4.78 is 0. The second-order valence-electron chi connectivity index (χ2n) is 6.15. The van der Waals surface area contributed by atoms with Crippen molar-refractivity contribution in [2.24, 2.45) is 0 Å². The van der Waals surface area contributed by atoms with Crippen LogP contribution in [-0.4, -0.2) is 28.0 Å². The highest BCUT2D eigenvalue weighted by Gasteiger charge is 2.16. The molecule has 1 fully saturated rings. The van der Waals surface area contributed by atoms with Crippen LogP contribution in [-0.2, 0) is 6.54 Å². The molecule has 5 nitrogen and oxygen atoms in total. The second kappa shape index (κ2) is 6.83. The van der Waals surface area contributed by atoms with Crippen LogP contribution in [0.15, 0.2) is 48.8 Å². The van der Waals surface area contributed by atoms with Crippen molar-refractivity contribution in [2.45, 2.75) is 25.8 Å². The van der Waals surface area contributed by atoms with Gasteiger partial charge in [0.05, 0.1) is 5.52 Å². The molecule has 0 aliphatic carbocycles. The van der Waals surface area contributed by atoms with Crippen LogP contribution in [0.1, 0.15) is 24.8 Å². The first-order valence-electron chi connectivity index (χ1n) is 8.55. The number of fused-ring (bicyclic) bond motifs is 1. The summed E-state index contributed by atoms with van der Waals surface area (Å²) in [6.07, 6.45) is 7.40. The van der Waals surface area contributed by atoms with Crippen LogP contribution in [0.5, 0.6) is 0 Å². The third-order valence-corrected chi connectivity index (χ3v) is 4.41. The van der Waals surface area contributed by atoms with E-state index in [0.717, 1.165) is 41.3 Å². The van der Waals surface area contributed by atoms with Crippen molar-refractivity contribution >= 4 is 22.7 Å². The van der Waals surface area contributed by atoms with Gasteiger partial charge in [0.25, 0.3) is 0 Å². The van der Waals surface area contributed by atoms with Gasteiger partial charge in [0.2, 0.25) is 5.95 Å². The molecule has 1 aliphatic rings. The molecular weight excluding hydrogens is 298 g/mol. The topological polar surface area (TPSA) is 53.9 Å². The smallest absolute Gasteiger partial charge is 0.227 e. The fourth-order valence-corrected chi connectivity index (χ4v) is 3.12. The van der Waals surface area contributed by atoms with Gasteiger partial charge in [-0.3, -0.25) is 4.98 Å². The fraction of sp³-hybridized carbons (Fsp3) is 0.316. The normalized spacial score (nSPS) is 14.8. The minimum Gasteiger partial charge on any atom is -0.365 e. The number of hydrogen-bond donors (Lipinski definition) is 1. The maximum absolute atomic E-state index is 4.82. The van der Waals surface area contributed by atoms with Gasteiger partial charge in [0.1, 0.15) is 5.82 Å². The van der Waals surface area contributed by atoms with Crippen molar-refractivity contribution in [1.29, 1.82) is 0 Å². The molecule has 0 spiro atoms. The number of aromatic nitrogens is 3. The average molecular weight is 319 g/mol. The van der Waals surface area contributed by atoms with E-state index >= 15 is 0 Å². The maximum atomic E-state index is 4.82. The molecule has 0 atom stereocenters. The summed E-state index contributed by atoms with van der Waals surface area (Å²) in [5.74, 6) is 1.73. The van der Waals surface area contributed by atoms with Gasteiger partial charge in [-0.05, 0) is 43.0 Å². The minimum absolute atomic E-state index is 0.703. The summed E-state index contributed by atoms with van der Waals surface area (Å²) in [6, 6.07) is 12.2. The zero-order valence-corrected chi connectivity index (χ0v) is 13.7. The van der Waals surface area contributed by atoms with Gasteiger partial charge in [-0.25, -0.2) is 4.98 Å². The predicted molar refractivity (Wildman–Crippen MR) is 97.2 cm³/mol. The number of rotatable bonds is 4. The highest BCUT2D eigenvalue weighted by atomic mass is 15.3. The summed E-state index contributed by atoms with van der Waals surface area (Å²) in [5.41, 5.74) is 2.13. The van der Waals surface area contributed by atoms with E-state index in [4.69, 9.17) is 9.97 Å². The van der Waals surface area contributed by atoms with Crippen molar-refractivity contribution in [1.82, 2.24) is 15.0 Å². The van der Waals surface area contributed by atoms with Gasteiger partial charge in [0, 0.05) is 37.4 Å². The lowest BCUT2D eigenvalue weighted by atomic mass is 10.1. The molecule has 4 rings (SSSR count). The lowest BCUT2D eigenvalue weighted by molar-refractivity contribution is 0.569. The third-order valence-electron chi connectivity index (χ3n) is 4.41. The molecule has 3 heterocycles. The van der Waals surface area contributed by atoms with Gasteiger partial charge in [-0.15, -0.1) is 0 Å². The van der Waals surface area contributed by atoms with E-state index in [-0.39, 0.29) is 0 Å². The lowest BCUT2D eigenvalue weighted by Crippen LogP contribution is -2.31. The van der Waals surface area contributed by atoms with Crippen molar-refractivity contribution in [3.8, 4) is 0 Å². The standard InChI is InChI=1S/C19H21N5/c1-4-11-24(12-5-1)19-22-17-9-3-2-8-16(17)18(23-19)21-14-15-7-6-10-20-13-15/h2-3,6-10,13H,1,4-5,11-12,14H2,(H,21,22,23). The van der Waals surface area contributed by atoms with Crippen molar-refractivity contribution in [2.75, 3.05) is 23.3 Å². The summed E-state index contributed by atoms with van der Waals surface area (Å²) in [6.45, 7) is 2.79. The Morgan fingerprint density at radius 2 is 1.83 bits per heavy atom. The van der Waals surface area contributed by atoms with Crippen LogP contribution in [0.4, 0.5) is 11.8 Å². The quantitative estimate of drug-likeness (QED) is 0.796. The molecule has 2 aromatic heterocycles. The molecule has 1 aliphatic heterocycles. The van der Waals surface area contributed by atoms with Gasteiger partial charge >= 0.3 is 0 Å². The van der Waals surface area contributed by atoms with Crippen LogP contribution < -0.4 is 10.2 Å². The molecule has 1 saturated heterocycles. The monoisotopic (exact) mass is 319 g/mol. The Kier molecular flexibility index (Phi) is 4.23. The summed E-state index contributed by atoms with van der Waals surface area (Å²) in [4.78, 5) is 16.1. The van der Waals surface area contributed by atoms with E-state index in [2.05, 4.69) is 33.4 Å². The van der Waals surface area contributed by atoms with Gasteiger partial charge < -0.3 is 10.2 Å². The zero-order valence-electron chi connectivity index (χ0n) is 13.7. The molecule has 3 aromatic rings. The van der Waals surface area contributed by atoms with Crippen molar-refractivity contribution in [3.05, 3.63) is 54.4 Å². The Morgan fingerprint density at radius 1 is 0.958 bits per heavy atom. The Bertz CT molecular complexity index is 812. The highest BCUT2D eigenvalue weighted by molar-refractivity contribution is 5.90.